The summed E-state index contributed by atoms with van der Waals surface area (Å²) in [5.74, 6) is 0.965. The van der Waals surface area contributed by atoms with Gasteiger partial charge in [0.15, 0.2) is 0 Å². The average Bonchev–Trinajstić information content (AvgIpc) is 3.46. The monoisotopic (exact) mass is 412 g/mol. The molecule has 3 aromatic rings. The van der Waals surface area contributed by atoms with Gasteiger partial charge >= 0.3 is 6.18 Å². The van der Waals surface area contributed by atoms with Crippen LogP contribution < -0.4 is 16.4 Å². The van der Waals surface area contributed by atoms with Crippen molar-refractivity contribution in [3.8, 4) is 22.4 Å². The van der Waals surface area contributed by atoms with Crippen molar-refractivity contribution in [2.24, 2.45) is 5.92 Å². The summed E-state index contributed by atoms with van der Waals surface area (Å²) >= 11 is 0. The Hall–Kier alpha value is -3.36. The summed E-state index contributed by atoms with van der Waals surface area (Å²) in [6.45, 7) is 1.54. The number of aromatic nitrogens is 3. The van der Waals surface area contributed by atoms with Crippen molar-refractivity contribution in [1.82, 2.24) is 14.6 Å². The van der Waals surface area contributed by atoms with Gasteiger partial charge in [-0.1, -0.05) is 30.3 Å². The molecule has 1 unspecified atom stereocenters. The fraction of sp³-hybridized carbons (Fsp3) is 0.286. The largest absolute Gasteiger partial charge is 0.433 e. The third kappa shape index (κ3) is 3.20. The van der Waals surface area contributed by atoms with E-state index >= 15 is 0 Å². The number of benzene rings is 1. The van der Waals surface area contributed by atoms with Crippen molar-refractivity contribution in [1.29, 1.82) is 5.41 Å². The van der Waals surface area contributed by atoms with Crippen molar-refractivity contribution < 1.29 is 13.2 Å². The van der Waals surface area contributed by atoms with Gasteiger partial charge in [0, 0.05) is 11.3 Å². The van der Waals surface area contributed by atoms with Gasteiger partial charge in [-0.25, -0.2) is 14.6 Å². The molecule has 0 bridgehead atoms. The summed E-state index contributed by atoms with van der Waals surface area (Å²) < 4.78 is 41.9. The highest BCUT2D eigenvalue weighted by Gasteiger charge is 2.38. The Morgan fingerprint density at radius 1 is 1.07 bits per heavy atom. The molecule has 5 rings (SSSR count). The molecule has 154 valence electrons. The molecule has 1 aliphatic heterocycles. The molecule has 0 saturated heterocycles. The predicted molar refractivity (Wildman–Crippen MR) is 106 cm³/mol. The first-order chi connectivity index (χ1) is 14.3. The lowest BCUT2D eigenvalue weighted by atomic mass is 9.98. The molecule has 1 atom stereocenters. The van der Waals surface area contributed by atoms with Gasteiger partial charge < -0.3 is 5.32 Å². The van der Waals surface area contributed by atoms with Crippen molar-refractivity contribution >= 4 is 5.82 Å². The number of nitrogens with zero attached hydrogens (tertiary/aromatic N) is 3. The SMILES string of the molecule is Cc1cc(-c2c(-c3ccccc3)nc(=N)n3c2NC(C2CC2)N3)cc(C(F)(F)F)n1. The Balaban J connectivity index is 1.78. The molecule has 0 radical (unpaired) electrons. The molecule has 1 aromatic carbocycles. The molecule has 6 nitrogen and oxygen atoms in total. The lowest BCUT2D eigenvalue weighted by Crippen LogP contribution is -2.33. The number of aryl methyl sites for hydroxylation is 1. The van der Waals surface area contributed by atoms with Crippen molar-refractivity contribution in [2.75, 3.05) is 10.7 Å². The van der Waals surface area contributed by atoms with E-state index in [0.29, 0.717) is 28.6 Å². The van der Waals surface area contributed by atoms with E-state index in [9.17, 15) is 13.2 Å². The fourth-order valence-electron chi connectivity index (χ4n) is 3.81. The van der Waals surface area contributed by atoms with E-state index in [1.807, 2.05) is 30.3 Å². The molecule has 3 N–H and O–H groups in total. The predicted octanol–water partition coefficient (Wildman–Crippen LogP) is 4.12. The maximum atomic E-state index is 13.5. The number of rotatable bonds is 3. The molecule has 1 saturated carbocycles. The van der Waals surface area contributed by atoms with Crippen LogP contribution in [0, 0.1) is 18.3 Å². The minimum atomic E-state index is -4.56. The second-order valence-electron chi connectivity index (χ2n) is 7.68. The second kappa shape index (κ2) is 6.58. The van der Waals surface area contributed by atoms with Crippen LogP contribution in [0.1, 0.15) is 24.2 Å². The molecule has 1 fully saturated rings. The summed E-state index contributed by atoms with van der Waals surface area (Å²) in [5.41, 5.74) is 4.59. The number of anilines is 1. The number of hydrogen-bond donors (Lipinski definition) is 3. The van der Waals surface area contributed by atoms with Gasteiger partial charge in [0.2, 0.25) is 5.62 Å². The van der Waals surface area contributed by atoms with Crippen LogP contribution in [-0.4, -0.2) is 20.8 Å². The maximum absolute atomic E-state index is 13.5. The quantitative estimate of drug-likeness (QED) is 0.605. The highest BCUT2D eigenvalue weighted by molar-refractivity contribution is 5.89. The smallest absolute Gasteiger partial charge is 0.348 e. The van der Waals surface area contributed by atoms with Gasteiger partial charge in [-0.15, -0.1) is 0 Å². The van der Waals surface area contributed by atoms with E-state index in [0.717, 1.165) is 24.5 Å². The van der Waals surface area contributed by atoms with Crippen LogP contribution in [-0.2, 0) is 6.18 Å². The van der Waals surface area contributed by atoms with Crippen LogP contribution in [0.15, 0.2) is 42.5 Å². The molecule has 30 heavy (non-hydrogen) atoms. The summed E-state index contributed by atoms with van der Waals surface area (Å²) in [7, 11) is 0. The number of alkyl halides is 3. The van der Waals surface area contributed by atoms with Gasteiger partial charge in [-0.2, -0.15) is 13.2 Å². The number of pyridine rings is 1. The molecular formula is C21H19F3N6. The summed E-state index contributed by atoms with van der Waals surface area (Å²) in [5, 5.41) is 11.8. The number of fused-ring (bicyclic) bond motifs is 1. The highest BCUT2D eigenvalue weighted by atomic mass is 19.4. The molecule has 3 heterocycles. The summed E-state index contributed by atoms with van der Waals surface area (Å²) in [4.78, 5) is 8.12. The molecule has 2 aromatic heterocycles. The highest BCUT2D eigenvalue weighted by Crippen LogP contribution is 2.42. The van der Waals surface area contributed by atoms with Crippen molar-refractivity contribution in [3.05, 3.63) is 59.5 Å². The maximum Gasteiger partial charge on any atom is 0.433 e. The van der Waals surface area contributed by atoms with Crippen molar-refractivity contribution in [3.63, 3.8) is 0 Å². The van der Waals surface area contributed by atoms with Crippen LogP contribution in [0.2, 0.25) is 0 Å². The van der Waals surface area contributed by atoms with Crippen LogP contribution in [0.5, 0.6) is 0 Å². The average molecular weight is 412 g/mol. The Kier molecular flexibility index (Phi) is 4.09. The molecular weight excluding hydrogens is 393 g/mol. The van der Waals surface area contributed by atoms with Crippen LogP contribution in [0.3, 0.4) is 0 Å². The molecule has 0 amide bonds. The normalized spacial score (nSPS) is 17.9. The van der Waals surface area contributed by atoms with E-state index in [-0.39, 0.29) is 17.5 Å². The molecule has 2 aliphatic rings. The lowest BCUT2D eigenvalue weighted by molar-refractivity contribution is -0.141. The van der Waals surface area contributed by atoms with Gasteiger partial charge in [-0.3, -0.25) is 10.8 Å². The van der Waals surface area contributed by atoms with Crippen LogP contribution in [0.25, 0.3) is 22.4 Å². The molecule has 9 heteroatoms. The summed E-state index contributed by atoms with van der Waals surface area (Å²) in [6, 6.07) is 11.9. The first-order valence-electron chi connectivity index (χ1n) is 9.67. The third-order valence-corrected chi connectivity index (χ3v) is 5.36. The Bertz CT molecular complexity index is 1180. The first-order valence-corrected chi connectivity index (χ1v) is 9.67. The minimum Gasteiger partial charge on any atom is -0.348 e. The Morgan fingerprint density at radius 2 is 1.80 bits per heavy atom. The molecule has 0 spiro atoms. The Labute approximate surface area is 170 Å². The van der Waals surface area contributed by atoms with Gasteiger partial charge in [0.1, 0.15) is 17.7 Å². The summed E-state index contributed by atoms with van der Waals surface area (Å²) in [6.07, 6.45) is -2.51. The van der Waals surface area contributed by atoms with E-state index in [1.54, 1.807) is 13.0 Å². The zero-order valence-electron chi connectivity index (χ0n) is 16.1. The van der Waals surface area contributed by atoms with E-state index < -0.39 is 11.9 Å². The number of halogens is 3. The zero-order chi connectivity index (χ0) is 21.0. The van der Waals surface area contributed by atoms with E-state index in [2.05, 4.69) is 20.7 Å². The number of hydrogen-bond acceptors (Lipinski definition) is 5. The van der Waals surface area contributed by atoms with Crippen molar-refractivity contribution in [2.45, 2.75) is 32.1 Å². The van der Waals surface area contributed by atoms with E-state index in [4.69, 9.17) is 5.41 Å². The van der Waals surface area contributed by atoms with Gasteiger partial charge in [0.25, 0.3) is 0 Å². The second-order valence-corrected chi connectivity index (χ2v) is 7.68. The standard InChI is InChI=1S/C21H19F3N6/c1-11-9-14(10-15(26-11)21(22,23)24)16-17(12-5-3-2-4-6-12)27-20(25)30-19(16)28-18(29-30)13-7-8-13/h2-6,9-10,13,18,25,28-29H,7-8H2,1H3. The minimum absolute atomic E-state index is 0.00919. The van der Waals surface area contributed by atoms with E-state index in [1.165, 1.54) is 4.68 Å². The lowest BCUT2D eigenvalue weighted by Gasteiger charge is -2.16. The van der Waals surface area contributed by atoms with Gasteiger partial charge in [0.05, 0.1) is 11.3 Å². The number of nitrogens with one attached hydrogen (secondary N) is 3. The topological polar surface area (TPSA) is 78.6 Å². The molecule has 1 aliphatic carbocycles. The zero-order valence-corrected chi connectivity index (χ0v) is 16.1. The Morgan fingerprint density at radius 3 is 2.47 bits per heavy atom. The first kappa shape index (κ1) is 18.7. The third-order valence-electron chi connectivity index (χ3n) is 5.36. The van der Waals surface area contributed by atoms with Crippen LogP contribution in [0.4, 0.5) is 19.0 Å². The van der Waals surface area contributed by atoms with Crippen LogP contribution >= 0.6 is 0 Å². The van der Waals surface area contributed by atoms with Gasteiger partial charge in [-0.05, 0) is 43.4 Å². The fourth-order valence-corrected chi connectivity index (χ4v) is 3.81.